The van der Waals surface area contributed by atoms with Crippen LogP contribution >= 0.6 is 0 Å². The van der Waals surface area contributed by atoms with Crippen molar-refractivity contribution in [2.75, 3.05) is 26.2 Å². The Morgan fingerprint density at radius 3 is 2.33 bits per heavy atom. The summed E-state index contributed by atoms with van der Waals surface area (Å²) in [7, 11) is 0. The molecule has 1 aliphatic heterocycles. The molecule has 0 bridgehead atoms. The second-order valence-corrected chi connectivity index (χ2v) is 10.5. The van der Waals surface area contributed by atoms with Gasteiger partial charge in [0, 0.05) is 6.54 Å². The van der Waals surface area contributed by atoms with Gasteiger partial charge in [-0.05, 0) is 105 Å². The van der Waals surface area contributed by atoms with Crippen LogP contribution in [0.4, 0.5) is 0 Å². The minimum Gasteiger partial charge on any atom is -0.490 e. The topological polar surface area (TPSA) is 38.8 Å². The zero-order chi connectivity index (χ0) is 24.7. The van der Waals surface area contributed by atoms with Crippen molar-refractivity contribution in [3.8, 4) is 5.75 Å². The van der Waals surface area contributed by atoms with Gasteiger partial charge in [-0.3, -0.25) is 4.79 Å². The van der Waals surface area contributed by atoms with Gasteiger partial charge in [-0.15, -0.1) is 0 Å². The smallest absolute Gasteiger partial charge is 0.309 e. The number of carbonyl (C=O) groups is 1. The van der Waals surface area contributed by atoms with Crippen LogP contribution in [0.5, 0.6) is 5.75 Å². The van der Waals surface area contributed by atoms with E-state index >= 15 is 0 Å². The monoisotopic (exact) mass is 485 g/mol. The molecule has 0 N–H and O–H groups in total. The van der Waals surface area contributed by atoms with Crippen LogP contribution in [0, 0.1) is 5.92 Å². The lowest BCUT2D eigenvalue weighted by molar-refractivity contribution is -0.149. The molecule has 0 radical (unpaired) electrons. The molecule has 0 aromatic heterocycles. The van der Waals surface area contributed by atoms with E-state index < -0.39 is 0 Å². The summed E-state index contributed by atoms with van der Waals surface area (Å²) in [4.78, 5) is 14.4. The second-order valence-electron chi connectivity index (χ2n) is 10.5. The fraction of sp³-hybridized carbons (Fsp3) is 0.469. The largest absolute Gasteiger partial charge is 0.490 e. The Balaban J connectivity index is 1.10. The number of piperidine rings is 1. The highest BCUT2D eigenvalue weighted by molar-refractivity contribution is 5.84. The van der Waals surface area contributed by atoms with Gasteiger partial charge in [-0.2, -0.15) is 0 Å². The minimum absolute atomic E-state index is 0.0186. The SMILES string of the molecule is CCOC(=O)C1CCN(CCc2ccc3cc(OC4CCC(c5ccccc5)CC4)ccc3c2)CC1. The van der Waals surface area contributed by atoms with E-state index in [9.17, 15) is 4.79 Å². The highest BCUT2D eigenvalue weighted by atomic mass is 16.5. The Morgan fingerprint density at radius 1 is 0.861 bits per heavy atom. The van der Waals surface area contributed by atoms with E-state index in [1.807, 2.05) is 6.92 Å². The molecule has 0 unspecified atom stereocenters. The first-order chi connectivity index (χ1) is 17.7. The molecule has 0 atom stereocenters. The summed E-state index contributed by atoms with van der Waals surface area (Å²) in [5.74, 6) is 1.72. The van der Waals surface area contributed by atoms with Gasteiger partial charge in [-0.25, -0.2) is 0 Å². The Labute approximate surface area is 215 Å². The number of rotatable bonds is 8. The van der Waals surface area contributed by atoms with Crippen molar-refractivity contribution in [3.05, 3.63) is 77.9 Å². The second kappa shape index (κ2) is 11.9. The normalized spacial score (nSPS) is 21.4. The summed E-state index contributed by atoms with van der Waals surface area (Å²) >= 11 is 0. The van der Waals surface area contributed by atoms with Gasteiger partial charge in [0.1, 0.15) is 5.75 Å². The molecular formula is C32H39NO3. The predicted molar refractivity (Wildman–Crippen MR) is 146 cm³/mol. The van der Waals surface area contributed by atoms with Crippen molar-refractivity contribution in [1.82, 2.24) is 4.90 Å². The first-order valence-corrected chi connectivity index (χ1v) is 13.8. The summed E-state index contributed by atoms with van der Waals surface area (Å²) in [6.45, 7) is 5.34. The summed E-state index contributed by atoms with van der Waals surface area (Å²) in [5, 5.41) is 2.51. The number of hydrogen-bond donors (Lipinski definition) is 0. The van der Waals surface area contributed by atoms with Gasteiger partial charge in [0.15, 0.2) is 0 Å². The van der Waals surface area contributed by atoms with Gasteiger partial charge in [0.05, 0.1) is 18.6 Å². The molecule has 5 rings (SSSR count). The number of carbonyl (C=O) groups excluding carboxylic acids is 1. The van der Waals surface area contributed by atoms with Crippen LogP contribution in [0.15, 0.2) is 66.7 Å². The average Bonchev–Trinajstić information content (AvgIpc) is 2.93. The van der Waals surface area contributed by atoms with Crippen LogP contribution in [-0.4, -0.2) is 43.2 Å². The summed E-state index contributed by atoms with van der Waals surface area (Å²) < 4.78 is 11.6. The molecule has 3 aromatic carbocycles. The Morgan fingerprint density at radius 2 is 1.58 bits per heavy atom. The highest BCUT2D eigenvalue weighted by Gasteiger charge is 2.26. The van der Waals surface area contributed by atoms with Crippen LogP contribution in [-0.2, 0) is 16.0 Å². The van der Waals surface area contributed by atoms with Crippen molar-refractivity contribution in [2.24, 2.45) is 5.92 Å². The molecule has 1 saturated carbocycles. The number of likely N-dealkylation sites (tertiary alicyclic amines) is 1. The molecule has 2 fully saturated rings. The lowest BCUT2D eigenvalue weighted by Gasteiger charge is -2.30. The number of fused-ring (bicyclic) bond motifs is 1. The standard InChI is InChI=1S/C32H39NO3/c1-2-35-32(34)27-17-20-33(21-18-27)19-16-24-8-9-29-23-31(15-12-28(29)22-24)36-30-13-10-26(11-14-30)25-6-4-3-5-7-25/h3-9,12,15,22-23,26-27,30H,2,10-11,13-14,16-21H2,1H3. The van der Waals surface area contributed by atoms with Crippen LogP contribution < -0.4 is 4.74 Å². The molecule has 1 saturated heterocycles. The van der Waals surface area contributed by atoms with E-state index in [1.165, 1.54) is 34.7 Å². The van der Waals surface area contributed by atoms with Crippen LogP contribution in [0.3, 0.4) is 0 Å². The lowest BCUT2D eigenvalue weighted by Crippen LogP contribution is -2.38. The molecule has 1 heterocycles. The van der Waals surface area contributed by atoms with Crippen molar-refractivity contribution in [3.63, 3.8) is 0 Å². The maximum absolute atomic E-state index is 12.0. The summed E-state index contributed by atoms with van der Waals surface area (Å²) in [6, 6.07) is 24.2. The van der Waals surface area contributed by atoms with Gasteiger partial charge >= 0.3 is 5.97 Å². The zero-order valence-electron chi connectivity index (χ0n) is 21.5. The number of benzene rings is 3. The van der Waals surface area contributed by atoms with E-state index in [-0.39, 0.29) is 11.9 Å². The maximum Gasteiger partial charge on any atom is 0.309 e. The number of esters is 1. The van der Waals surface area contributed by atoms with Crippen molar-refractivity contribution in [2.45, 2.75) is 63.9 Å². The molecule has 2 aliphatic rings. The third-order valence-corrected chi connectivity index (χ3v) is 8.05. The van der Waals surface area contributed by atoms with Crippen LogP contribution in [0.25, 0.3) is 10.8 Å². The Hall–Kier alpha value is -2.85. The average molecular weight is 486 g/mol. The minimum atomic E-state index is -0.0186. The molecule has 0 spiro atoms. The van der Waals surface area contributed by atoms with Crippen LogP contribution in [0.1, 0.15) is 62.5 Å². The maximum atomic E-state index is 12.0. The molecule has 4 heteroatoms. The predicted octanol–water partition coefficient (Wildman–Crippen LogP) is 6.76. The molecule has 4 nitrogen and oxygen atoms in total. The summed E-state index contributed by atoms with van der Waals surface area (Å²) in [5.41, 5.74) is 2.83. The summed E-state index contributed by atoms with van der Waals surface area (Å²) in [6.07, 6.45) is 7.80. The first-order valence-electron chi connectivity index (χ1n) is 13.8. The zero-order valence-corrected chi connectivity index (χ0v) is 21.5. The Bertz CT molecular complexity index is 1130. The number of ether oxygens (including phenoxy) is 2. The molecule has 3 aromatic rings. The molecule has 190 valence electrons. The van der Waals surface area contributed by atoms with E-state index in [0.717, 1.165) is 57.5 Å². The lowest BCUT2D eigenvalue weighted by atomic mass is 9.83. The molecular weight excluding hydrogens is 446 g/mol. The van der Waals surface area contributed by atoms with E-state index in [4.69, 9.17) is 9.47 Å². The van der Waals surface area contributed by atoms with Crippen molar-refractivity contribution in [1.29, 1.82) is 0 Å². The van der Waals surface area contributed by atoms with E-state index in [1.54, 1.807) is 0 Å². The number of nitrogens with zero attached hydrogens (tertiary/aromatic N) is 1. The Kier molecular flexibility index (Phi) is 8.22. The van der Waals surface area contributed by atoms with E-state index in [0.29, 0.717) is 18.6 Å². The van der Waals surface area contributed by atoms with Crippen molar-refractivity contribution < 1.29 is 14.3 Å². The van der Waals surface area contributed by atoms with Gasteiger partial charge in [0.2, 0.25) is 0 Å². The van der Waals surface area contributed by atoms with Crippen molar-refractivity contribution >= 4 is 16.7 Å². The number of hydrogen-bond acceptors (Lipinski definition) is 4. The van der Waals surface area contributed by atoms with Gasteiger partial charge < -0.3 is 14.4 Å². The molecule has 0 amide bonds. The first kappa shape index (κ1) is 24.8. The third kappa shape index (κ3) is 6.28. The fourth-order valence-electron chi connectivity index (χ4n) is 5.87. The fourth-order valence-corrected chi connectivity index (χ4v) is 5.87. The quantitative estimate of drug-likeness (QED) is 0.330. The van der Waals surface area contributed by atoms with Crippen LogP contribution in [0.2, 0.25) is 0 Å². The van der Waals surface area contributed by atoms with E-state index in [2.05, 4.69) is 71.6 Å². The molecule has 1 aliphatic carbocycles. The highest BCUT2D eigenvalue weighted by Crippen LogP contribution is 2.35. The third-order valence-electron chi connectivity index (χ3n) is 8.05. The van der Waals surface area contributed by atoms with Gasteiger partial charge in [0.25, 0.3) is 0 Å². The van der Waals surface area contributed by atoms with Gasteiger partial charge in [-0.1, -0.05) is 54.6 Å². The molecule has 36 heavy (non-hydrogen) atoms.